The van der Waals surface area contributed by atoms with E-state index >= 15 is 0 Å². The molecule has 0 saturated carbocycles. The number of amides is 1. The number of allylic oxidation sites excluding steroid dienone is 1. The first-order valence-electron chi connectivity index (χ1n) is 9.05. The predicted octanol–water partition coefficient (Wildman–Crippen LogP) is 5.26. The van der Waals surface area contributed by atoms with Crippen molar-refractivity contribution in [2.45, 2.75) is 98.2 Å². The maximum atomic E-state index is 12.5. The van der Waals surface area contributed by atoms with Gasteiger partial charge in [-0.2, -0.15) is 0 Å². The lowest BCUT2D eigenvalue weighted by Crippen LogP contribution is -2.37. The third kappa shape index (κ3) is 11.2. The molecule has 0 aromatic carbocycles. The summed E-state index contributed by atoms with van der Waals surface area (Å²) in [5.41, 5.74) is 0.322. The molecule has 0 spiro atoms. The van der Waals surface area contributed by atoms with Gasteiger partial charge in [0.05, 0.1) is 6.10 Å². The van der Waals surface area contributed by atoms with Crippen molar-refractivity contribution in [3.8, 4) is 0 Å². The van der Waals surface area contributed by atoms with Crippen LogP contribution in [0.2, 0.25) is 0 Å². The fourth-order valence-electron chi connectivity index (χ4n) is 2.41. The minimum atomic E-state index is -0.514. The first kappa shape index (κ1) is 22.0. The third-order valence-corrected chi connectivity index (χ3v) is 3.53. The lowest BCUT2D eigenvalue weighted by atomic mass is 10.1. The van der Waals surface area contributed by atoms with Crippen molar-refractivity contribution in [3.63, 3.8) is 0 Å². The van der Waals surface area contributed by atoms with Crippen molar-refractivity contribution in [2.75, 3.05) is 6.54 Å². The van der Waals surface area contributed by atoms with Crippen LogP contribution in [0.15, 0.2) is 11.8 Å². The number of aliphatic hydroxyl groups is 1. The minimum Gasteiger partial charge on any atom is -0.443 e. The second-order valence-electron chi connectivity index (χ2n) is 7.23. The zero-order valence-corrected chi connectivity index (χ0v) is 16.0. The highest BCUT2D eigenvalue weighted by Crippen LogP contribution is 2.19. The molecule has 1 unspecified atom stereocenters. The van der Waals surface area contributed by atoms with Crippen LogP contribution in [0, 0.1) is 0 Å². The van der Waals surface area contributed by atoms with Gasteiger partial charge in [0, 0.05) is 18.7 Å². The third-order valence-electron chi connectivity index (χ3n) is 3.53. The summed E-state index contributed by atoms with van der Waals surface area (Å²) in [4.78, 5) is 14.2. The molecule has 0 fully saturated rings. The van der Waals surface area contributed by atoms with E-state index in [9.17, 15) is 9.90 Å². The van der Waals surface area contributed by atoms with Gasteiger partial charge in [-0.1, -0.05) is 45.1 Å². The van der Waals surface area contributed by atoms with E-state index in [4.69, 9.17) is 4.74 Å². The summed E-state index contributed by atoms with van der Waals surface area (Å²) in [5, 5.41) is 9.67. The molecule has 4 heteroatoms. The summed E-state index contributed by atoms with van der Waals surface area (Å²) in [5.74, 6) is 0. The van der Waals surface area contributed by atoms with E-state index in [1.165, 1.54) is 25.7 Å². The molecule has 0 aromatic rings. The second kappa shape index (κ2) is 11.5. The molecule has 1 atom stereocenters. The Morgan fingerprint density at radius 1 is 1.17 bits per heavy atom. The largest absolute Gasteiger partial charge is 0.443 e. The highest BCUT2D eigenvalue weighted by Gasteiger charge is 2.24. The second-order valence-corrected chi connectivity index (χ2v) is 7.23. The lowest BCUT2D eigenvalue weighted by molar-refractivity contribution is 0.0293. The van der Waals surface area contributed by atoms with E-state index in [0.29, 0.717) is 13.0 Å². The van der Waals surface area contributed by atoms with E-state index in [1.54, 1.807) is 11.8 Å². The van der Waals surface area contributed by atoms with Gasteiger partial charge in [-0.05, 0) is 41.0 Å². The topological polar surface area (TPSA) is 49.8 Å². The van der Waals surface area contributed by atoms with E-state index in [-0.39, 0.29) is 6.09 Å². The van der Waals surface area contributed by atoms with Crippen LogP contribution in [0.3, 0.4) is 0 Å². The van der Waals surface area contributed by atoms with Crippen LogP contribution in [-0.2, 0) is 4.74 Å². The average molecular weight is 328 g/mol. The Balaban J connectivity index is 4.70. The molecule has 0 bridgehead atoms. The molecule has 0 aliphatic rings. The molecular weight excluding hydrogens is 290 g/mol. The number of hydrogen-bond acceptors (Lipinski definition) is 3. The Hall–Kier alpha value is -1.03. The fourth-order valence-corrected chi connectivity index (χ4v) is 2.41. The molecule has 4 nitrogen and oxygen atoms in total. The SMILES string of the molecule is C/C=C(/CC(C)O)N(CCCCCCCC)C(=O)OC(C)(C)C. The Morgan fingerprint density at radius 2 is 1.74 bits per heavy atom. The number of hydrogen-bond donors (Lipinski definition) is 1. The van der Waals surface area contributed by atoms with E-state index in [2.05, 4.69) is 6.92 Å². The molecule has 0 aliphatic carbocycles. The molecule has 0 aliphatic heterocycles. The number of rotatable bonds is 10. The number of aliphatic hydroxyl groups excluding tert-OH is 1. The summed E-state index contributed by atoms with van der Waals surface area (Å²) in [6.45, 7) is 12.1. The zero-order chi connectivity index (χ0) is 17.9. The number of carbonyl (C=O) groups excluding carboxylic acids is 1. The molecule has 0 saturated heterocycles. The van der Waals surface area contributed by atoms with Gasteiger partial charge in [0.2, 0.25) is 0 Å². The highest BCUT2D eigenvalue weighted by atomic mass is 16.6. The maximum Gasteiger partial charge on any atom is 0.414 e. The first-order valence-corrected chi connectivity index (χ1v) is 9.05. The van der Waals surface area contributed by atoms with E-state index < -0.39 is 11.7 Å². The van der Waals surface area contributed by atoms with Gasteiger partial charge in [0.1, 0.15) is 5.60 Å². The number of ether oxygens (including phenoxy) is 1. The molecule has 0 radical (unpaired) electrons. The van der Waals surface area contributed by atoms with Gasteiger partial charge < -0.3 is 9.84 Å². The van der Waals surface area contributed by atoms with Crippen molar-refractivity contribution < 1.29 is 14.6 Å². The maximum absolute atomic E-state index is 12.5. The summed E-state index contributed by atoms with van der Waals surface area (Å²) >= 11 is 0. The Kier molecular flexibility index (Phi) is 11.0. The Labute approximate surface area is 142 Å². The van der Waals surface area contributed by atoms with E-state index in [0.717, 1.165) is 18.5 Å². The van der Waals surface area contributed by atoms with Crippen LogP contribution >= 0.6 is 0 Å². The summed E-state index contributed by atoms with van der Waals surface area (Å²) in [7, 11) is 0. The summed E-state index contributed by atoms with van der Waals surface area (Å²) in [6.07, 6.45) is 8.61. The van der Waals surface area contributed by atoms with Crippen LogP contribution in [0.5, 0.6) is 0 Å². The van der Waals surface area contributed by atoms with Gasteiger partial charge in [-0.25, -0.2) is 4.79 Å². The fraction of sp³-hybridized carbons (Fsp3) is 0.842. The van der Waals surface area contributed by atoms with Gasteiger partial charge in [0.15, 0.2) is 0 Å². The molecule has 0 aromatic heterocycles. The number of carbonyl (C=O) groups is 1. The molecule has 0 heterocycles. The molecule has 23 heavy (non-hydrogen) atoms. The average Bonchev–Trinajstić information content (AvgIpc) is 2.42. The summed E-state index contributed by atoms with van der Waals surface area (Å²) in [6, 6.07) is 0. The van der Waals surface area contributed by atoms with Gasteiger partial charge in [0.25, 0.3) is 0 Å². The lowest BCUT2D eigenvalue weighted by Gasteiger charge is -2.29. The van der Waals surface area contributed by atoms with Crippen molar-refractivity contribution >= 4 is 6.09 Å². The molecular formula is C19H37NO3. The molecule has 1 N–H and O–H groups in total. The minimum absolute atomic E-state index is 0.320. The van der Waals surface area contributed by atoms with Gasteiger partial charge >= 0.3 is 6.09 Å². The van der Waals surface area contributed by atoms with Crippen molar-refractivity contribution in [1.29, 1.82) is 0 Å². The van der Waals surface area contributed by atoms with Crippen LogP contribution < -0.4 is 0 Å². The van der Waals surface area contributed by atoms with E-state index in [1.807, 2.05) is 33.8 Å². The summed E-state index contributed by atoms with van der Waals surface area (Å²) < 4.78 is 5.52. The quantitative estimate of drug-likeness (QED) is 0.557. The molecule has 0 rings (SSSR count). The smallest absolute Gasteiger partial charge is 0.414 e. The van der Waals surface area contributed by atoms with Crippen molar-refractivity contribution in [3.05, 3.63) is 11.8 Å². The normalized spacial score (nSPS) is 13.8. The van der Waals surface area contributed by atoms with Crippen LogP contribution in [0.4, 0.5) is 4.79 Å². The first-order chi connectivity index (χ1) is 10.7. The van der Waals surface area contributed by atoms with Gasteiger partial charge in [-0.3, -0.25) is 4.90 Å². The van der Waals surface area contributed by atoms with Crippen LogP contribution in [0.25, 0.3) is 0 Å². The van der Waals surface area contributed by atoms with Crippen molar-refractivity contribution in [2.24, 2.45) is 0 Å². The van der Waals surface area contributed by atoms with Crippen LogP contribution in [-0.4, -0.2) is 34.3 Å². The van der Waals surface area contributed by atoms with Crippen molar-refractivity contribution in [1.82, 2.24) is 4.90 Å². The molecule has 136 valence electrons. The number of nitrogens with zero attached hydrogens (tertiary/aromatic N) is 1. The van der Waals surface area contributed by atoms with Crippen LogP contribution in [0.1, 0.15) is 86.5 Å². The monoisotopic (exact) mass is 327 g/mol. The standard InChI is InChI=1S/C19H37NO3/c1-7-9-10-11-12-13-14-20(17(8-2)15-16(3)21)18(22)23-19(4,5)6/h8,16,21H,7,9-15H2,1-6H3/b17-8-. The predicted molar refractivity (Wildman–Crippen MR) is 96.4 cm³/mol. The Bertz CT molecular complexity index is 356. The zero-order valence-electron chi connectivity index (χ0n) is 16.0. The highest BCUT2D eigenvalue weighted by molar-refractivity contribution is 5.70. The number of unbranched alkanes of at least 4 members (excludes halogenated alkanes) is 5. The molecule has 1 amide bonds. The van der Waals surface area contributed by atoms with Gasteiger partial charge in [-0.15, -0.1) is 0 Å². The Morgan fingerprint density at radius 3 is 2.22 bits per heavy atom.